The van der Waals surface area contributed by atoms with E-state index in [-0.39, 0.29) is 11.5 Å². The van der Waals surface area contributed by atoms with Gasteiger partial charge in [0.05, 0.1) is 22.2 Å². The Kier molecular flexibility index (Phi) is 4.71. The van der Waals surface area contributed by atoms with Gasteiger partial charge in [-0.2, -0.15) is 0 Å². The predicted octanol–water partition coefficient (Wildman–Crippen LogP) is 4.16. The zero-order valence-corrected chi connectivity index (χ0v) is 17.2. The molecule has 0 unspecified atom stereocenters. The Hall–Kier alpha value is -3.99. The van der Waals surface area contributed by atoms with E-state index < -0.39 is 0 Å². The van der Waals surface area contributed by atoms with Crippen LogP contribution in [-0.4, -0.2) is 22.5 Å². The fourth-order valence-electron chi connectivity index (χ4n) is 4.06. The molecule has 0 spiro atoms. The Bertz CT molecular complexity index is 1390. The second-order valence-corrected chi connectivity index (χ2v) is 7.62. The third-order valence-electron chi connectivity index (χ3n) is 5.72. The molecule has 0 fully saturated rings. The first-order valence-corrected chi connectivity index (χ1v) is 10.3. The number of para-hydroxylation sites is 2. The Morgan fingerprint density at radius 3 is 2.42 bits per heavy atom. The summed E-state index contributed by atoms with van der Waals surface area (Å²) in [5.41, 5.74) is 3.93. The minimum absolute atomic E-state index is 0.0968. The third-order valence-corrected chi connectivity index (χ3v) is 5.72. The lowest BCUT2D eigenvalue weighted by Gasteiger charge is -2.12. The number of hydrogen-bond donors (Lipinski definition) is 0. The first-order valence-electron chi connectivity index (χ1n) is 10.3. The van der Waals surface area contributed by atoms with Gasteiger partial charge in [0.1, 0.15) is 5.82 Å². The predicted molar refractivity (Wildman–Crippen MR) is 124 cm³/mol. The maximum absolute atomic E-state index is 13.3. The maximum atomic E-state index is 13.3. The summed E-state index contributed by atoms with van der Waals surface area (Å²) in [7, 11) is 1.76. The van der Waals surface area contributed by atoms with Gasteiger partial charge in [-0.1, -0.05) is 60.7 Å². The van der Waals surface area contributed by atoms with E-state index in [2.05, 4.69) is 0 Å². The first-order chi connectivity index (χ1) is 15.1. The molecule has 0 saturated heterocycles. The standard InChI is InChI=1S/C26H21N3O2/c1-28-23-14-8-6-11-19(23)21(25(28)30)17-24-27-22-13-7-5-12-20(22)26(31)29(24)16-15-18-9-3-2-4-10-18/h2-14,17H,15-16H2,1H3/b21-17-. The zero-order valence-electron chi connectivity index (χ0n) is 17.2. The van der Waals surface area contributed by atoms with Crippen molar-refractivity contribution in [3.63, 3.8) is 0 Å². The molecule has 152 valence electrons. The molecule has 5 heteroatoms. The summed E-state index contributed by atoms with van der Waals surface area (Å²) in [5, 5.41) is 0.577. The van der Waals surface area contributed by atoms with Crippen LogP contribution >= 0.6 is 0 Å². The van der Waals surface area contributed by atoms with Crippen molar-refractivity contribution in [2.24, 2.45) is 0 Å². The van der Waals surface area contributed by atoms with Crippen molar-refractivity contribution >= 4 is 34.1 Å². The van der Waals surface area contributed by atoms with Gasteiger partial charge in [-0.15, -0.1) is 0 Å². The normalized spacial score (nSPS) is 14.4. The van der Waals surface area contributed by atoms with Crippen molar-refractivity contribution in [2.45, 2.75) is 13.0 Å². The minimum atomic E-state index is -0.0989. The topological polar surface area (TPSA) is 55.2 Å². The van der Waals surface area contributed by atoms with Gasteiger partial charge in [-0.05, 0) is 36.3 Å². The fraction of sp³-hybridized carbons (Fsp3) is 0.115. The minimum Gasteiger partial charge on any atom is -0.311 e. The van der Waals surface area contributed by atoms with Gasteiger partial charge in [0, 0.05) is 19.2 Å². The number of carbonyl (C=O) groups excluding carboxylic acids is 1. The molecule has 1 amide bonds. The van der Waals surface area contributed by atoms with Crippen LogP contribution in [0.3, 0.4) is 0 Å². The molecule has 0 saturated carbocycles. The number of aryl methyl sites for hydroxylation is 1. The molecular weight excluding hydrogens is 386 g/mol. The van der Waals surface area contributed by atoms with E-state index in [1.807, 2.05) is 72.8 Å². The Morgan fingerprint density at radius 1 is 0.871 bits per heavy atom. The molecule has 3 aromatic carbocycles. The average molecular weight is 407 g/mol. The molecule has 0 radical (unpaired) electrons. The second kappa shape index (κ2) is 7.69. The molecule has 0 aliphatic carbocycles. The van der Waals surface area contributed by atoms with Crippen LogP contribution in [0.1, 0.15) is 17.0 Å². The van der Waals surface area contributed by atoms with E-state index in [0.717, 1.165) is 16.8 Å². The van der Waals surface area contributed by atoms with Crippen LogP contribution in [0.15, 0.2) is 83.7 Å². The fourth-order valence-corrected chi connectivity index (χ4v) is 4.06. The van der Waals surface area contributed by atoms with Crippen LogP contribution in [0.5, 0.6) is 0 Å². The number of hydrogen-bond acceptors (Lipinski definition) is 3. The quantitative estimate of drug-likeness (QED) is 0.478. The van der Waals surface area contributed by atoms with Crippen LogP contribution in [0, 0.1) is 0 Å². The maximum Gasteiger partial charge on any atom is 0.261 e. The molecule has 5 nitrogen and oxygen atoms in total. The van der Waals surface area contributed by atoms with E-state index in [4.69, 9.17) is 4.98 Å². The van der Waals surface area contributed by atoms with Gasteiger partial charge in [-0.25, -0.2) is 4.98 Å². The van der Waals surface area contributed by atoms with Gasteiger partial charge in [0.15, 0.2) is 0 Å². The molecule has 31 heavy (non-hydrogen) atoms. The van der Waals surface area contributed by atoms with Crippen molar-refractivity contribution < 1.29 is 4.79 Å². The molecular formula is C26H21N3O2. The lowest BCUT2D eigenvalue weighted by atomic mass is 10.1. The van der Waals surface area contributed by atoms with Crippen molar-refractivity contribution in [3.8, 4) is 0 Å². The molecule has 1 aliphatic rings. The van der Waals surface area contributed by atoms with Crippen LogP contribution < -0.4 is 10.5 Å². The van der Waals surface area contributed by atoms with Gasteiger partial charge < -0.3 is 4.90 Å². The Balaban J connectivity index is 1.66. The van der Waals surface area contributed by atoms with Crippen LogP contribution in [0.4, 0.5) is 5.69 Å². The number of carbonyl (C=O) groups is 1. The SMILES string of the molecule is CN1C(=O)/C(=C\c2nc3ccccc3c(=O)n2CCc2ccccc2)c2ccccc21. The molecule has 5 rings (SSSR count). The third kappa shape index (κ3) is 3.34. The van der Waals surface area contributed by atoms with E-state index >= 15 is 0 Å². The highest BCUT2D eigenvalue weighted by molar-refractivity contribution is 6.35. The highest BCUT2D eigenvalue weighted by Gasteiger charge is 2.29. The number of rotatable bonds is 4. The second-order valence-electron chi connectivity index (χ2n) is 7.62. The molecule has 0 atom stereocenters. The van der Waals surface area contributed by atoms with Crippen molar-refractivity contribution in [2.75, 3.05) is 11.9 Å². The number of nitrogens with zero attached hydrogens (tertiary/aromatic N) is 3. The van der Waals surface area contributed by atoms with E-state index in [1.165, 1.54) is 0 Å². The van der Waals surface area contributed by atoms with Crippen molar-refractivity contribution in [1.82, 2.24) is 9.55 Å². The molecule has 0 bridgehead atoms. The summed E-state index contributed by atoms with van der Waals surface area (Å²) in [6, 6.07) is 25.1. The summed E-state index contributed by atoms with van der Waals surface area (Å²) in [6.45, 7) is 0.478. The smallest absolute Gasteiger partial charge is 0.261 e. The summed E-state index contributed by atoms with van der Waals surface area (Å²) >= 11 is 0. The van der Waals surface area contributed by atoms with Gasteiger partial charge in [0.2, 0.25) is 0 Å². The number of amides is 1. The summed E-state index contributed by atoms with van der Waals surface area (Å²) in [6.07, 6.45) is 2.45. The van der Waals surface area contributed by atoms with Gasteiger partial charge in [-0.3, -0.25) is 14.2 Å². The molecule has 0 N–H and O–H groups in total. The molecule has 4 aromatic rings. The number of likely N-dealkylation sites (N-methyl/N-ethyl adjacent to an activating group) is 1. The highest BCUT2D eigenvalue weighted by atomic mass is 16.2. The van der Waals surface area contributed by atoms with Crippen LogP contribution in [-0.2, 0) is 17.8 Å². The molecule has 1 aliphatic heterocycles. The van der Waals surface area contributed by atoms with E-state index in [0.29, 0.717) is 35.3 Å². The number of fused-ring (bicyclic) bond motifs is 2. The number of aromatic nitrogens is 2. The van der Waals surface area contributed by atoms with E-state index in [1.54, 1.807) is 28.7 Å². The van der Waals surface area contributed by atoms with Crippen LogP contribution in [0.2, 0.25) is 0 Å². The monoisotopic (exact) mass is 407 g/mol. The average Bonchev–Trinajstić information content (AvgIpc) is 3.04. The number of benzene rings is 3. The summed E-state index contributed by atoms with van der Waals surface area (Å²) in [4.78, 5) is 32.7. The lowest BCUT2D eigenvalue weighted by molar-refractivity contribution is -0.112. The van der Waals surface area contributed by atoms with Gasteiger partial charge in [0.25, 0.3) is 11.5 Å². The van der Waals surface area contributed by atoms with Crippen molar-refractivity contribution in [3.05, 3.63) is 106 Å². The summed E-state index contributed by atoms with van der Waals surface area (Å²) in [5.74, 6) is 0.395. The number of anilines is 1. The molecule has 1 aromatic heterocycles. The summed E-state index contributed by atoms with van der Waals surface area (Å²) < 4.78 is 1.68. The first kappa shape index (κ1) is 19.0. The largest absolute Gasteiger partial charge is 0.311 e. The lowest BCUT2D eigenvalue weighted by Crippen LogP contribution is -2.25. The Morgan fingerprint density at radius 2 is 1.58 bits per heavy atom. The van der Waals surface area contributed by atoms with E-state index in [9.17, 15) is 9.59 Å². The highest BCUT2D eigenvalue weighted by Crippen LogP contribution is 2.36. The van der Waals surface area contributed by atoms with Crippen molar-refractivity contribution in [1.29, 1.82) is 0 Å². The van der Waals surface area contributed by atoms with Crippen LogP contribution in [0.25, 0.3) is 22.6 Å². The van der Waals surface area contributed by atoms with Gasteiger partial charge >= 0.3 is 0 Å². The Labute approximate surface area is 179 Å². The molecule has 2 heterocycles. The zero-order chi connectivity index (χ0) is 21.4.